The van der Waals surface area contributed by atoms with Gasteiger partial charge in [0.15, 0.2) is 0 Å². The molecule has 0 aliphatic carbocycles. The molecule has 1 fully saturated rings. The SMILES string of the molecule is C[C@@H]1CN(c2nc(=O)n3c4c(c(-c5cc(Cl)cs5)c(C(F)(F)F)cc24)SC[C@@H](c2cncc(F)c2)C3)C[C@H](C)N1. The van der Waals surface area contributed by atoms with Gasteiger partial charge < -0.3 is 10.2 Å². The Labute approximate surface area is 240 Å². The monoisotopic (exact) mass is 609 g/mol. The molecule has 0 unspecified atom stereocenters. The summed E-state index contributed by atoms with van der Waals surface area (Å²) in [5.74, 6) is -0.357. The summed E-state index contributed by atoms with van der Waals surface area (Å²) >= 11 is 8.52. The van der Waals surface area contributed by atoms with Gasteiger partial charge in [-0.1, -0.05) is 11.6 Å². The van der Waals surface area contributed by atoms with Crippen LogP contribution in [0.2, 0.25) is 5.02 Å². The first-order valence-corrected chi connectivity index (χ1v) is 14.9. The molecule has 3 atom stereocenters. The zero-order valence-electron chi connectivity index (χ0n) is 21.4. The van der Waals surface area contributed by atoms with Gasteiger partial charge in [-0.2, -0.15) is 18.2 Å². The van der Waals surface area contributed by atoms with Crippen molar-refractivity contribution in [2.75, 3.05) is 23.7 Å². The maximum absolute atomic E-state index is 14.8. The Balaban J connectivity index is 1.67. The lowest BCUT2D eigenvalue weighted by atomic mass is 10.00. The number of hydrogen-bond donors (Lipinski definition) is 1. The van der Waals surface area contributed by atoms with Crippen LogP contribution in [-0.4, -0.2) is 45.5 Å². The molecule has 6 nitrogen and oxygen atoms in total. The van der Waals surface area contributed by atoms with E-state index >= 15 is 0 Å². The maximum atomic E-state index is 14.8. The van der Waals surface area contributed by atoms with E-state index in [0.717, 1.165) is 23.6 Å². The lowest BCUT2D eigenvalue weighted by Gasteiger charge is -2.37. The molecule has 0 amide bonds. The topological polar surface area (TPSA) is 63.1 Å². The molecule has 6 rings (SSSR count). The van der Waals surface area contributed by atoms with Crippen LogP contribution in [0.5, 0.6) is 0 Å². The Bertz CT molecular complexity index is 1660. The van der Waals surface area contributed by atoms with E-state index < -0.39 is 23.2 Å². The molecule has 13 heteroatoms. The first kappa shape index (κ1) is 27.5. The van der Waals surface area contributed by atoms with Crippen molar-refractivity contribution in [3.05, 3.63) is 68.4 Å². The number of hydrogen-bond acceptors (Lipinski definition) is 7. The van der Waals surface area contributed by atoms with Crippen LogP contribution >= 0.6 is 34.7 Å². The second-order valence-electron chi connectivity index (χ2n) is 10.3. The molecule has 0 spiro atoms. The lowest BCUT2D eigenvalue weighted by molar-refractivity contribution is -0.137. The highest BCUT2D eigenvalue weighted by atomic mass is 35.5. The van der Waals surface area contributed by atoms with Gasteiger partial charge in [0.2, 0.25) is 0 Å². The number of aromatic nitrogens is 3. The van der Waals surface area contributed by atoms with Crippen molar-refractivity contribution in [1.29, 1.82) is 0 Å². The molecule has 2 aliphatic heterocycles. The Hall–Kier alpha value is -2.67. The van der Waals surface area contributed by atoms with Crippen LogP contribution in [0.15, 0.2) is 45.7 Å². The van der Waals surface area contributed by atoms with Gasteiger partial charge in [-0.25, -0.2) is 9.18 Å². The molecule has 210 valence electrons. The molecule has 2 aliphatic rings. The fourth-order valence-electron chi connectivity index (χ4n) is 5.67. The number of thiophene rings is 1. The minimum absolute atomic E-state index is 0.00716. The second-order valence-corrected chi connectivity index (χ2v) is 12.7. The summed E-state index contributed by atoms with van der Waals surface area (Å²) in [5.41, 5.74) is -0.415. The number of benzene rings is 1. The minimum Gasteiger partial charge on any atom is -0.353 e. The third kappa shape index (κ3) is 4.99. The van der Waals surface area contributed by atoms with Crippen LogP contribution in [0.4, 0.5) is 23.4 Å². The Morgan fingerprint density at radius 2 is 1.85 bits per heavy atom. The minimum atomic E-state index is -4.68. The first-order valence-electron chi connectivity index (χ1n) is 12.7. The predicted octanol–water partition coefficient (Wildman–Crippen LogP) is 6.41. The van der Waals surface area contributed by atoms with Gasteiger partial charge in [-0.15, -0.1) is 23.1 Å². The van der Waals surface area contributed by atoms with E-state index in [9.17, 15) is 22.4 Å². The van der Waals surface area contributed by atoms with Crippen LogP contribution in [0, 0.1) is 5.82 Å². The van der Waals surface area contributed by atoms with E-state index in [0.29, 0.717) is 44.7 Å². The van der Waals surface area contributed by atoms with Crippen LogP contribution in [0.25, 0.3) is 21.3 Å². The number of nitrogens with zero attached hydrogens (tertiary/aromatic N) is 4. The average Bonchev–Trinajstić information content (AvgIpc) is 3.20. The molecular formula is C27H24ClF4N5OS2. The number of nitrogens with one attached hydrogen (secondary N) is 1. The van der Waals surface area contributed by atoms with Crippen molar-refractivity contribution in [2.24, 2.45) is 0 Å². The van der Waals surface area contributed by atoms with Crippen molar-refractivity contribution in [3.8, 4) is 10.4 Å². The van der Waals surface area contributed by atoms with Crippen molar-refractivity contribution < 1.29 is 17.6 Å². The fourth-order valence-corrected chi connectivity index (χ4v) is 8.26. The summed E-state index contributed by atoms with van der Waals surface area (Å²) in [4.78, 5) is 24.6. The standard InChI is InChI=1S/C27H24ClF4N5OS2/c1-13-8-36(9-14(2)34-13)25-19-5-20(27(30,31)32)22(21-4-17(28)12-39-21)24-23(19)37(26(38)35-25)10-16(11-40-24)15-3-18(29)7-33-6-15/h3-7,12-14,16,34H,8-11H2,1-2H3/t13-,14+,16-/m0/s1. The smallest absolute Gasteiger partial charge is 0.353 e. The van der Waals surface area contributed by atoms with Crippen molar-refractivity contribution in [3.63, 3.8) is 0 Å². The van der Waals surface area contributed by atoms with E-state index in [1.54, 1.807) is 5.38 Å². The van der Waals surface area contributed by atoms with Crippen LogP contribution in [-0.2, 0) is 12.7 Å². The Kier molecular flexibility index (Phi) is 7.09. The molecule has 1 N–H and O–H groups in total. The molecule has 1 aromatic carbocycles. The quantitative estimate of drug-likeness (QED) is 0.271. The highest BCUT2D eigenvalue weighted by Crippen LogP contribution is 2.50. The fraction of sp³-hybridized carbons (Fsp3) is 0.370. The number of rotatable bonds is 3. The van der Waals surface area contributed by atoms with E-state index in [1.807, 2.05) is 18.7 Å². The molecule has 0 radical (unpaired) electrons. The van der Waals surface area contributed by atoms with Gasteiger partial charge in [-0.3, -0.25) is 9.55 Å². The molecule has 4 aromatic rings. The number of halogens is 5. The van der Waals surface area contributed by atoms with Crippen LogP contribution in [0.3, 0.4) is 0 Å². The molecular weight excluding hydrogens is 586 g/mol. The third-order valence-electron chi connectivity index (χ3n) is 7.20. The van der Waals surface area contributed by atoms with Gasteiger partial charge in [0.05, 0.1) is 22.3 Å². The average molecular weight is 610 g/mol. The molecule has 1 saturated heterocycles. The Morgan fingerprint density at radius 1 is 1.10 bits per heavy atom. The van der Waals surface area contributed by atoms with Crippen molar-refractivity contribution in [1.82, 2.24) is 19.9 Å². The van der Waals surface area contributed by atoms with Gasteiger partial charge in [-0.05, 0) is 37.6 Å². The molecule has 3 aromatic heterocycles. The number of piperazine rings is 1. The first-order chi connectivity index (χ1) is 19.0. The van der Waals surface area contributed by atoms with E-state index in [-0.39, 0.29) is 41.3 Å². The van der Waals surface area contributed by atoms with Crippen LogP contribution in [0.1, 0.15) is 30.9 Å². The summed E-state index contributed by atoms with van der Waals surface area (Å²) in [7, 11) is 0. The number of thioether (sulfide) groups is 1. The van der Waals surface area contributed by atoms with Gasteiger partial charge in [0.1, 0.15) is 11.6 Å². The van der Waals surface area contributed by atoms with Gasteiger partial charge in [0.25, 0.3) is 0 Å². The van der Waals surface area contributed by atoms with E-state index in [4.69, 9.17) is 11.6 Å². The summed E-state index contributed by atoms with van der Waals surface area (Å²) in [6.07, 6.45) is -2.07. The molecule has 5 heterocycles. The normalized spacial score (nSPS) is 21.6. The Morgan fingerprint density at radius 3 is 2.50 bits per heavy atom. The number of alkyl halides is 3. The second kappa shape index (κ2) is 10.3. The summed E-state index contributed by atoms with van der Waals surface area (Å²) in [6.45, 7) is 5.06. The molecule has 0 saturated carbocycles. The highest BCUT2D eigenvalue weighted by Gasteiger charge is 2.39. The zero-order chi connectivity index (χ0) is 28.3. The summed E-state index contributed by atoms with van der Waals surface area (Å²) in [5, 5.41) is 5.59. The third-order valence-corrected chi connectivity index (χ3v) is 9.75. The van der Waals surface area contributed by atoms with Gasteiger partial charge in [0, 0.05) is 75.7 Å². The van der Waals surface area contributed by atoms with Gasteiger partial charge >= 0.3 is 11.9 Å². The summed E-state index contributed by atoms with van der Waals surface area (Å²) in [6, 6.07) is 4.09. The molecule has 40 heavy (non-hydrogen) atoms. The van der Waals surface area contributed by atoms with Crippen LogP contribution < -0.4 is 15.9 Å². The largest absolute Gasteiger partial charge is 0.417 e. The van der Waals surface area contributed by atoms with E-state index in [2.05, 4.69) is 15.3 Å². The highest BCUT2D eigenvalue weighted by molar-refractivity contribution is 7.99. The maximum Gasteiger partial charge on any atom is 0.417 e. The van der Waals surface area contributed by atoms with Crippen molar-refractivity contribution in [2.45, 2.75) is 49.5 Å². The predicted molar refractivity (Wildman–Crippen MR) is 151 cm³/mol. The number of anilines is 1. The lowest BCUT2D eigenvalue weighted by Crippen LogP contribution is -2.55. The molecule has 0 bridgehead atoms. The number of pyridine rings is 1. The van der Waals surface area contributed by atoms with Crippen molar-refractivity contribution >= 4 is 51.4 Å². The summed E-state index contributed by atoms with van der Waals surface area (Å²) < 4.78 is 59.8. The van der Waals surface area contributed by atoms with E-state index in [1.165, 1.54) is 34.7 Å². The zero-order valence-corrected chi connectivity index (χ0v) is 23.8.